The number of thiocyanates is 1. The SMILES string of the molecule is N#CSc1cc2scnc2cc1N. The molecular formula is C8H5N3S2. The molecule has 0 aliphatic carbocycles. The normalized spacial score (nSPS) is 10.1. The van der Waals surface area contributed by atoms with Crippen molar-refractivity contribution in [2.75, 3.05) is 5.73 Å². The van der Waals surface area contributed by atoms with Crippen molar-refractivity contribution >= 4 is 39.0 Å². The lowest BCUT2D eigenvalue weighted by Gasteiger charge is -1.98. The van der Waals surface area contributed by atoms with Gasteiger partial charge < -0.3 is 5.73 Å². The largest absolute Gasteiger partial charge is 0.398 e. The van der Waals surface area contributed by atoms with Crippen LogP contribution in [0.1, 0.15) is 0 Å². The maximum atomic E-state index is 8.51. The first kappa shape index (κ1) is 8.35. The number of rotatable bonds is 1. The van der Waals surface area contributed by atoms with Crippen LogP contribution in [0, 0.1) is 10.7 Å². The van der Waals surface area contributed by atoms with Crippen LogP contribution in [0.4, 0.5) is 5.69 Å². The fourth-order valence-corrected chi connectivity index (χ4v) is 2.26. The van der Waals surface area contributed by atoms with Crippen LogP contribution >= 0.6 is 23.1 Å². The average Bonchev–Trinajstić information content (AvgIpc) is 2.52. The Morgan fingerprint density at radius 1 is 1.54 bits per heavy atom. The van der Waals surface area contributed by atoms with E-state index in [-0.39, 0.29) is 0 Å². The van der Waals surface area contributed by atoms with Gasteiger partial charge >= 0.3 is 0 Å². The van der Waals surface area contributed by atoms with Gasteiger partial charge in [-0.3, -0.25) is 0 Å². The number of nitrogen functional groups attached to an aromatic ring is 1. The van der Waals surface area contributed by atoms with Crippen LogP contribution < -0.4 is 5.73 Å². The molecule has 1 heterocycles. The highest BCUT2D eigenvalue weighted by Crippen LogP contribution is 2.30. The van der Waals surface area contributed by atoms with Gasteiger partial charge in [-0.25, -0.2) is 4.98 Å². The van der Waals surface area contributed by atoms with Gasteiger partial charge in [0.25, 0.3) is 0 Å². The summed E-state index contributed by atoms with van der Waals surface area (Å²) in [6.45, 7) is 0. The monoisotopic (exact) mass is 207 g/mol. The fraction of sp³-hybridized carbons (Fsp3) is 0. The predicted octanol–water partition coefficient (Wildman–Crippen LogP) is 2.45. The molecule has 1 aromatic heterocycles. The molecule has 0 amide bonds. The van der Waals surface area contributed by atoms with E-state index in [1.54, 1.807) is 22.9 Å². The van der Waals surface area contributed by atoms with Crippen LogP contribution in [-0.4, -0.2) is 4.98 Å². The van der Waals surface area contributed by atoms with Gasteiger partial charge in [-0.2, -0.15) is 5.26 Å². The average molecular weight is 207 g/mol. The third-order valence-corrected chi connectivity index (χ3v) is 3.07. The second-order valence-electron chi connectivity index (χ2n) is 2.40. The number of fused-ring (bicyclic) bond motifs is 1. The number of thiazole rings is 1. The maximum absolute atomic E-state index is 8.51. The smallest absolute Gasteiger partial charge is 0.138 e. The summed E-state index contributed by atoms with van der Waals surface area (Å²) in [4.78, 5) is 4.93. The second-order valence-corrected chi connectivity index (χ2v) is 4.12. The Morgan fingerprint density at radius 3 is 3.15 bits per heavy atom. The van der Waals surface area contributed by atoms with Crippen LogP contribution in [-0.2, 0) is 0 Å². The van der Waals surface area contributed by atoms with Crippen LogP contribution in [0.15, 0.2) is 22.5 Å². The molecule has 0 aliphatic heterocycles. The minimum Gasteiger partial charge on any atom is -0.398 e. The summed E-state index contributed by atoms with van der Waals surface area (Å²) in [6, 6.07) is 3.70. The Bertz CT molecular complexity index is 484. The number of nitrogens with zero attached hydrogens (tertiary/aromatic N) is 2. The molecule has 0 saturated carbocycles. The zero-order chi connectivity index (χ0) is 9.26. The van der Waals surface area contributed by atoms with Crippen LogP contribution in [0.5, 0.6) is 0 Å². The van der Waals surface area contributed by atoms with E-state index in [9.17, 15) is 0 Å². The molecule has 0 fully saturated rings. The quantitative estimate of drug-likeness (QED) is 0.443. The van der Waals surface area contributed by atoms with E-state index in [0.29, 0.717) is 5.69 Å². The lowest BCUT2D eigenvalue weighted by Crippen LogP contribution is -1.87. The summed E-state index contributed by atoms with van der Waals surface area (Å²) in [5, 5.41) is 10.5. The van der Waals surface area contributed by atoms with E-state index in [2.05, 4.69) is 4.98 Å². The number of nitrogens with two attached hydrogens (primary N) is 1. The fourth-order valence-electron chi connectivity index (χ4n) is 1.04. The molecule has 0 atom stereocenters. The molecule has 0 aliphatic rings. The summed E-state index contributed by atoms with van der Waals surface area (Å²) in [6.07, 6.45) is 0. The standard InChI is InChI=1S/C8H5N3S2/c9-3-12-7-2-8-6(1-5(7)10)11-4-13-8/h1-2,4H,10H2. The van der Waals surface area contributed by atoms with Crippen molar-refractivity contribution < 1.29 is 0 Å². The van der Waals surface area contributed by atoms with E-state index < -0.39 is 0 Å². The molecule has 0 saturated heterocycles. The lowest BCUT2D eigenvalue weighted by molar-refractivity contribution is 1.46. The molecular weight excluding hydrogens is 202 g/mol. The number of benzene rings is 1. The first-order valence-corrected chi connectivity index (χ1v) is 5.19. The van der Waals surface area contributed by atoms with Gasteiger partial charge in [0.05, 0.1) is 15.7 Å². The molecule has 0 radical (unpaired) electrons. The Hall–Kier alpha value is -1.25. The van der Waals surface area contributed by atoms with Gasteiger partial charge in [-0.15, -0.1) is 11.3 Å². The first-order chi connectivity index (χ1) is 6.31. The minimum absolute atomic E-state index is 0.616. The van der Waals surface area contributed by atoms with Crippen molar-refractivity contribution in [3.63, 3.8) is 0 Å². The molecule has 0 unspecified atom stereocenters. The number of thioether (sulfide) groups is 1. The highest BCUT2D eigenvalue weighted by molar-refractivity contribution is 8.03. The molecule has 13 heavy (non-hydrogen) atoms. The van der Waals surface area contributed by atoms with Crippen molar-refractivity contribution in [2.24, 2.45) is 0 Å². The van der Waals surface area contributed by atoms with Gasteiger partial charge in [-0.05, 0) is 23.9 Å². The van der Waals surface area contributed by atoms with Crippen molar-refractivity contribution in [1.29, 1.82) is 5.26 Å². The number of hydrogen-bond donors (Lipinski definition) is 1. The number of nitriles is 1. The zero-order valence-electron chi connectivity index (χ0n) is 6.52. The highest BCUT2D eigenvalue weighted by atomic mass is 32.2. The minimum atomic E-state index is 0.616. The van der Waals surface area contributed by atoms with Gasteiger partial charge in [0.15, 0.2) is 0 Å². The topological polar surface area (TPSA) is 62.7 Å². The third-order valence-electron chi connectivity index (χ3n) is 1.62. The summed E-state index contributed by atoms with van der Waals surface area (Å²) in [5.41, 5.74) is 9.00. The summed E-state index contributed by atoms with van der Waals surface area (Å²) in [7, 11) is 0. The van der Waals surface area contributed by atoms with Crippen molar-refractivity contribution in [3.05, 3.63) is 17.6 Å². The molecule has 64 valence electrons. The number of anilines is 1. The summed E-state index contributed by atoms with van der Waals surface area (Å²) < 4.78 is 1.06. The highest BCUT2D eigenvalue weighted by Gasteiger charge is 2.04. The third kappa shape index (κ3) is 1.46. The van der Waals surface area contributed by atoms with Gasteiger partial charge in [0.2, 0.25) is 0 Å². The van der Waals surface area contributed by atoms with E-state index in [0.717, 1.165) is 26.9 Å². The molecule has 2 rings (SSSR count). The first-order valence-electron chi connectivity index (χ1n) is 3.50. The van der Waals surface area contributed by atoms with Crippen LogP contribution in [0.2, 0.25) is 0 Å². The molecule has 1 aromatic carbocycles. The maximum Gasteiger partial charge on any atom is 0.138 e. The summed E-state index contributed by atoms with van der Waals surface area (Å²) in [5.74, 6) is 0. The Labute approximate surface area is 83.2 Å². The Balaban J connectivity index is 2.64. The van der Waals surface area contributed by atoms with E-state index in [4.69, 9.17) is 11.0 Å². The van der Waals surface area contributed by atoms with Crippen molar-refractivity contribution in [2.45, 2.75) is 4.90 Å². The zero-order valence-corrected chi connectivity index (χ0v) is 8.15. The van der Waals surface area contributed by atoms with Gasteiger partial charge in [0.1, 0.15) is 5.40 Å². The Kier molecular flexibility index (Phi) is 2.08. The predicted molar refractivity (Wildman–Crippen MR) is 55.5 cm³/mol. The van der Waals surface area contributed by atoms with E-state index in [1.165, 1.54) is 0 Å². The number of hydrogen-bond acceptors (Lipinski definition) is 5. The van der Waals surface area contributed by atoms with Crippen LogP contribution in [0.3, 0.4) is 0 Å². The lowest BCUT2D eigenvalue weighted by atomic mass is 10.3. The van der Waals surface area contributed by atoms with Gasteiger partial charge in [-0.1, -0.05) is 0 Å². The van der Waals surface area contributed by atoms with E-state index >= 15 is 0 Å². The molecule has 0 spiro atoms. The molecule has 2 N–H and O–H groups in total. The molecule has 5 heteroatoms. The van der Waals surface area contributed by atoms with E-state index in [1.807, 2.05) is 11.5 Å². The number of aromatic nitrogens is 1. The molecule has 3 nitrogen and oxygen atoms in total. The van der Waals surface area contributed by atoms with Crippen molar-refractivity contribution in [1.82, 2.24) is 4.98 Å². The van der Waals surface area contributed by atoms with Crippen molar-refractivity contribution in [3.8, 4) is 5.40 Å². The second kappa shape index (κ2) is 3.24. The van der Waals surface area contributed by atoms with Gasteiger partial charge in [0, 0.05) is 10.6 Å². The summed E-state index contributed by atoms with van der Waals surface area (Å²) >= 11 is 2.63. The molecule has 0 bridgehead atoms. The molecule has 2 aromatic rings. The Morgan fingerprint density at radius 2 is 2.38 bits per heavy atom. The van der Waals surface area contributed by atoms with Crippen LogP contribution in [0.25, 0.3) is 10.2 Å².